The van der Waals surface area contributed by atoms with Crippen LogP contribution in [0.2, 0.25) is 0 Å². The number of hydrogen-bond donors (Lipinski definition) is 2. The van der Waals surface area contributed by atoms with Gasteiger partial charge >= 0.3 is 6.18 Å². The summed E-state index contributed by atoms with van der Waals surface area (Å²) in [6.45, 7) is 1.72. The van der Waals surface area contributed by atoms with Gasteiger partial charge in [0.25, 0.3) is 5.91 Å². The summed E-state index contributed by atoms with van der Waals surface area (Å²) in [6, 6.07) is 7.75. The van der Waals surface area contributed by atoms with Crippen molar-refractivity contribution in [1.82, 2.24) is 39.2 Å². The van der Waals surface area contributed by atoms with Crippen molar-refractivity contribution >= 4 is 23.1 Å². The second-order valence-electron chi connectivity index (χ2n) is 9.18. The third-order valence-corrected chi connectivity index (χ3v) is 6.47. The molecule has 2 N–H and O–H groups in total. The van der Waals surface area contributed by atoms with Crippen molar-refractivity contribution < 1.29 is 27.8 Å². The van der Waals surface area contributed by atoms with E-state index < -0.39 is 11.9 Å². The van der Waals surface area contributed by atoms with Crippen LogP contribution in [0.4, 0.5) is 24.7 Å². The van der Waals surface area contributed by atoms with E-state index in [1.807, 2.05) is 0 Å². The van der Waals surface area contributed by atoms with Crippen LogP contribution < -0.4 is 5.32 Å². The van der Waals surface area contributed by atoms with Crippen LogP contribution >= 0.6 is 0 Å². The number of benzene rings is 1. The fraction of sp³-hybridized carbons (Fsp3) is 0.231. The van der Waals surface area contributed by atoms with Crippen LogP contribution in [0.1, 0.15) is 21.7 Å². The summed E-state index contributed by atoms with van der Waals surface area (Å²) < 4.78 is 49.9. The number of imidazole rings is 1. The maximum atomic E-state index is 14.0. The third-order valence-electron chi connectivity index (χ3n) is 6.47. The van der Waals surface area contributed by atoms with Crippen molar-refractivity contribution in [3.63, 3.8) is 0 Å². The molecule has 1 saturated heterocycles. The summed E-state index contributed by atoms with van der Waals surface area (Å²) in [5.41, 5.74) is 0.145. The summed E-state index contributed by atoms with van der Waals surface area (Å²) in [5.74, 6) is -0.311. The largest absolute Gasteiger partial charge is 0.507 e. The van der Waals surface area contributed by atoms with Gasteiger partial charge in [0.05, 0.1) is 48.5 Å². The van der Waals surface area contributed by atoms with Gasteiger partial charge in [-0.3, -0.25) is 13.9 Å². The van der Waals surface area contributed by atoms with Gasteiger partial charge in [0.1, 0.15) is 5.75 Å². The zero-order valence-electron chi connectivity index (χ0n) is 21.3. The lowest BCUT2D eigenvalue weighted by atomic mass is 10.1. The Morgan fingerprint density at radius 1 is 1.12 bits per heavy atom. The maximum absolute atomic E-state index is 14.0. The summed E-state index contributed by atoms with van der Waals surface area (Å²) in [5, 5.41) is 25.0. The van der Waals surface area contributed by atoms with E-state index in [-0.39, 0.29) is 46.5 Å². The highest BCUT2D eigenvalue weighted by atomic mass is 19.4. The van der Waals surface area contributed by atoms with Gasteiger partial charge < -0.3 is 20.1 Å². The van der Waals surface area contributed by atoms with E-state index in [2.05, 4.69) is 30.6 Å². The van der Waals surface area contributed by atoms with Crippen LogP contribution in [-0.4, -0.2) is 76.6 Å². The molecule has 0 saturated carbocycles. The second-order valence-corrected chi connectivity index (χ2v) is 9.18. The fourth-order valence-electron chi connectivity index (χ4n) is 4.55. The Hall–Kier alpha value is -5.05. The first-order valence-corrected chi connectivity index (χ1v) is 12.5. The number of ether oxygens (including phenoxy) is 1. The maximum Gasteiger partial charge on any atom is 0.435 e. The third kappa shape index (κ3) is 5.26. The molecule has 0 aliphatic carbocycles. The van der Waals surface area contributed by atoms with E-state index in [9.17, 15) is 23.1 Å². The molecule has 210 valence electrons. The minimum atomic E-state index is -4.72. The average molecular weight is 566 g/mol. The molecule has 5 aromatic rings. The van der Waals surface area contributed by atoms with Crippen molar-refractivity contribution in [3.8, 4) is 17.0 Å². The first kappa shape index (κ1) is 26.2. The molecule has 1 fully saturated rings. The van der Waals surface area contributed by atoms with Crippen LogP contribution in [0.3, 0.4) is 0 Å². The molecular weight excluding hydrogens is 543 g/mol. The minimum Gasteiger partial charge on any atom is -0.507 e. The lowest BCUT2D eigenvalue weighted by Crippen LogP contribution is -2.40. The smallest absolute Gasteiger partial charge is 0.435 e. The van der Waals surface area contributed by atoms with Gasteiger partial charge in [0, 0.05) is 49.6 Å². The monoisotopic (exact) mass is 565 g/mol. The molecule has 5 heterocycles. The fourth-order valence-corrected chi connectivity index (χ4v) is 4.55. The molecule has 0 bridgehead atoms. The van der Waals surface area contributed by atoms with Crippen LogP contribution in [0.5, 0.6) is 5.75 Å². The molecule has 1 aliphatic rings. The minimum absolute atomic E-state index is 0.00442. The number of carbonyl (C=O) groups is 1. The van der Waals surface area contributed by atoms with E-state index in [1.54, 1.807) is 23.1 Å². The van der Waals surface area contributed by atoms with Crippen molar-refractivity contribution in [2.24, 2.45) is 0 Å². The quantitative estimate of drug-likeness (QED) is 0.318. The Bertz CT molecular complexity index is 1710. The number of carbonyl (C=O) groups excluding carboxylic acids is 1. The number of amides is 1. The molecule has 0 spiro atoms. The number of alkyl halides is 3. The van der Waals surface area contributed by atoms with Crippen molar-refractivity contribution in [2.45, 2.75) is 12.7 Å². The molecule has 1 aliphatic heterocycles. The zero-order chi connectivity index (χ0) is 28.6. The summed E-state index contributed by atoms with van der Waals surface area (Å²) in [4.78, 5) is 23.0. The molecule has 0 unspecified atom stereocenters. The number of halogens is 3. The van der Waals surface area contributed by atoms with Crippen LogP contribution in [0, 0.1) is 0 Å². The normalized spacial score (nSPS) is 14.0. The molecule has 12 nitrogen and oxygen atoms in total. The highest BCUT2D eigenvalue weighted by Gasteiger charge is 2.38. The number of aromatic hydroxyl groups is 1. The predicted octanol–water partition coefficient (Wildman–Crippen LogP) is 3.37. The number of nitrogens with one attached hydrogen (secondary N) is 1. The van der Waals surface area contributed by atoms with Gasteiger partial charge in [0.15, 0.2) is 17.2 Å². The van der Waals surface area contributed by atoms with Gasteiger partial charge in [-0.1, -0.05) is 0 Å². The van der Waals surface area contributed by atoms with Crippen molar-refractivity contribution in [1.29, 1.82) is 0 Å². The van der Waals surface area contributed by atoms with Crippen molar-refractivity contribution in [2.75, 3.05) is 31.6 Å². The Labute approximate surface area is 230 Å². The molecule has 41 heavy (non-hydrogen) atoms. The van der Waals surface area contributed by atoms with E-state index in [4.69, 9.17) is 4.74 Å². The van der Waals surface area contributed by atoms with Gasteiger partial charge in [-0.05, 0) is 24.3 Å². The standard InChI is InChI=1S/C26H22F3N9O3/c27-26(28,29)22-19(15-37(35-22)14-17-2-1-5-32-34-17)20-13-31-24-23(30-6-7-38(20)24)33-16-3-4-18(21(39)12-16)25(40)36-8-10-41-11-9-36/h1-7,12-13,15,39H,8-11,14H2,(H,30,33). The van der Waals surface area contributed by atoms with E-state index in [1.165, 1.54) is 47.5 Å². The number of fused-ring (bicyclic) bond motifs is 1. The number of morpholine rings is 1. The molecule has 0 radical (unpaired) electrons. The molecule has 0 atom stereocenters. The molecular formula is C26H22F3N9O3. The Balaban J connectivity index is 1.30. The second kappa shape index (κ2) is 10.5. The first-order valence-electron chi connectivity index (χ1n) is 12.5. The molecule has 1 amide bonds. The van der Waals surface area contributed by atoms with E-state index >= 15 is 0 Å². The number of rotatable bonds is 6. The number of phenols is 1. The summed E-state index contributed by atoms with van der Waals surface area (Å²) >= 11 is 0. The molecule has 1 aromatic carbocycles. The highest BCUT2D eigenvalue weighted by molar-refractivity contribution is 5.97. The van der Waals surface area contributed by atoms with Crippen LogP contribution in [0.15, 0.2) is 61.3 Å². The van der Waals surface area contributed by atoms with Gasteiger partial charge in [-0.15, -0.1) is 0 Å². The molecule has 4 aromatic heterocycles. The zero-order valence-corrected chi connectivity index (χ0v) is 21.3. The lowest BCUT2D eigenvalue weighted by Gasteiger charge is -2.27. The SMILES string of the molecule is O=C(c1ccc(Nc2nccn3c(-c4cn(Cc5cccnn5)nc4C(F)(F)F)cnc23)cc1O)N1CCOCC1. The molecule has 15 heteroatoms. The average Bonchev–Trinajstić information content (AvgIpc) is 3.59. The summed E-state index contributed by atoms with van der Waals surface area (Å²) in [7, 11) is 0. The Morgan fingerprint density at radius 2 is 1.95 bits per heavy atom. The first-order chi connectivity index (χ1) is 19.8. The predicted molar refractivity (Wildman–Crippen MR) is 138 cm³/mol. The highest BCUT2D eigenvalue weighted by Crippen LogP contribution is 2.37. The van der Waals surface area contributed by atoms with E-state index in [0.29, 0.717) is 37.7 Å². The van der Waals surface area contributed by atoms with Crippen LogP contribution in [0.25, 0.3) is 16.9 Å². The number of phenolic OH excluding ortho intramolecular Hbond substituents is 1. The topological polar surface area (TPSA) is 136 Å². The summed E-state index contributed by atoms with van der Waals surface area (Å²) in [6.07, 6.45) is 2.25. The molecule has 6 rings (SSSR count). The van der Waals surface area contributed by atoms with Crippen molar-refractivity contribution in [3.05, 3.63) is 78.3 Å². The van der Waals surface area contributed by atoms with Gasteiger partial charge in [-0.25, -0.2) is 9.97 Å². The lowest BCUT2D eigenvalue weighted by molar-refractivity contribution is -0.141. The van der Waals surface area contributed by atoms with E-state index in [0.717, 1.165) is 4.68 Å². The Morgan fingerprint density at radius 3 is 2.68 bits per heavy atom. The van der Waals surface area contributed by atoms with Gasteiger partial charge in [0.2, 0.25) is 0 Å². The number of nitrogens with zero attached hydrogens (tertiary/aromatic N) is 8. The van der Waals surface area contributed by atoms with Gasteiger partial charge in [-0.2, -0.15) is 28.5 Å². The number of anilines is 2. The Kier molecular flexibility index (Phi) is 6.70. The number of hydrogen-bond acceptors (Lipinski definition) is 9. The number of aromatic nitrogens is 7. The van der Waals surface area contributed by atoms with Crippen LogP contribution in [-0.2, 0) is 17.5 Å².